The van der Waals surface area contributed by atoms with Crippen molar-refractivity contribution in [3.05, 3.63) is 156 Å². The summed E-state index contributed by atoms with van der Waals surface area (Å²) in [5.41, 5.74) is 4.37. The van der Waals surface area contributed by atoms with Gasteiger partial charge in [-0.25, -0.2) is 0 Å². The van der Waals surface area contributed by atoms with Gasteiger partial charge in [-0.05, 0) is 28.7 Å². The summed E-state index contributed by atoms with van der Waals surface area (Å²) < 4.78 is 32.9. The van der Waals surface area contributed by atoms with Gasteiger partial charge < -0.3 is 23.7 Å². The van der Waals surface area contributed by atoms with Crippen molar-refractivity contribution in [2.24, 2.45) is 0 Å². The molecule has 1 fully saturated rings. The van der Waals surface area contributed by atoms with Crippen LogP contribution in [0.3, 0.4) is 0 Å². The van der Waals surface area contributed by atoms with E-state index in [9.17, 15) is 0 Å². The molecule has 4 aromatic carbocycles. The first-order chi connectivity index (χ1) is 20.8. The minimum atomic E-state index is -0.425. The fraction of sp³-hybridized carbons (Fsp3) is 0.297. The molecule has 0 spiro atoms. The highest BCUT2D eigenvalue weighted by molar-refractivity contribution is 5.16. The minimum Gasteiger partial charge on any atom is -0.374 e. The van der Waals surface area contributed by atoms with Crippen LogP contribution in [0.5, 0.6) is 0 Å². The summed E-state index contributed by atoms with van der Waals surface area (Å²) in [6.45, 7) is 6.15. The van der Waals surface area contributed by atoms with Gasteiger partial charge in [0.25, 0.3) is 0 Å². The van der Waals surface area contributed by atoms with E-state index < -0.39 is 12.2 Å². The molecule has 0 bridgehead atoms. The normalized spacial score (nSPS) is 22.0. The predicted molar refractivity (Wildman–Crippen MR) is 165 cm³/mol. The second kappa shape index (κ2) is 16.2. The SMILES string of the molecule is C=CC[C@H]1OC(COCc2ccccc2)[C@@H](OCc2ccccc2)C(OCc2ccccc2)C1OCc1ccccc1. The van der Waals surface area contributed by atoms with Gasteiger partial charge >= 0.3 is 0 Å². The van der Waals surface area contributed by atoms with Crippen LogP contribution in [0.4, 0.5) is 0 Å². The van der Waals surface area contributed by atoms with Crippen molar-refractivity contribution < 1.29 is 23.7 Å². The number of hydrogen-bond donors (Lipinski definition) is 0. The lowest BCUT2D eigenvalue weighted by Crippen LogP contribution is -2.61. The van der Waals surface area contributed by atoms with Gasteiger partial charge in [0, 0.05) is 0 Å². The van der Waals surface area contributed by atoms with Crippen LogP contribution < -0.4 is 0 Å². The fourth-order valence-corrected chi connectivity index (χ4v) is 5.24. The Morgan fingerprint density at radius 1 is 0.500 bits per heavy atom. The molecule has 0 amide bonds. The summed E-state index contributed by atoms with van der Waals surface area (Å²) in [7, 11) is 0. The first-order valence-corrected chi connectivity index (χ1v) is 14.6. The molecule has 0 saturated carbocycles. The maximum atomic E-state index is 6.72. The Morgan fingerprint density at radius 3 is 1.31 bits per heavy atom. The molecule has 1 heterocycles. The fourth-order valence-electron chi connectivity index (χ4n) is 5.24. The topological polar surface area (TPSA) is 46.2 Å². The molecule has 4 aromatic rings. The molecule has 0 N–H and O–H groups in total. The molecule has 218 valence electrons. The van der Waals surface area contributed by atoms with Crippen LogP contribution >= 0.6 is 0 Å². The average Bonchev–Trinajstić information content (AvgIpc) is 3.05. The Kier molecular flexibility index (Phi) is 11.5. The van der Waals surface area contributed by atoms with Crippen LogP contribution in [-0.2, 0) is 50.1 Å². The average molecular weight is 565 g/mol. The molecule has 42 heavy (non-hydrogen) atoms. The number of ether oxygens (including phenoxy) is 5. The monoisotopic (exact) mass is 564 g/mol. The largest absolute Gasteiger partial charge is 0.374 e. The summed E-state index contributed by atoms with van der Waals surface area (Å²) in [6.07, 6.45) is 0.663. The number of rotatable bonds is 15. The van der Waals surface area contributed by atoms with Crippen molar-refractivity contribution in [1.82, 2.24) is 0 Å². The lowest BCUT2D eigenvalue weighted by atomic mass is 9.92. The second-order valence-corrected chi connectivity index (χ2v) is 10.5. The Labute approximate surface area is 249 Å². The van der Waals surface area contributed by atoms with Gasteiger partial charge in [-0.3, -0.25) is 0 Å². The van der Waals surface area contributed by atoms with Crippen molar-refractivity contribution in [2.45, 2.75) is 63.4 Å². The van der Waals surface area contributed by atoms with E-state index in [-0.39, 0.29) is 18.3 Å². The molecular weight excluding hydrogens is 524 g/mol. The quantitative estimate of drug-likeness (QED) is 0.142. The Morgan fingerprint density at radius 2 is 0.881 bits per heavy atom. The highest BCUT2D eigenvalue weighted by atomic mass is 16.6. The van der Waals surface area contributed by atoms with Crippen molar-refractivity contribution >= 4 is 0 Å². The van der Waals surface area contributed by atoms with E-state index in [0.29, 0.717) is 39.5 Å². The van der Waals surface area contributed by atoms with E-state index in [2.05, 4.69) is 55.1 Å². The Hall–Kier alpha value is -3.58. The first kappa shape index (κ1) is 29.9. The lowest BCUT2D eigenvalue weighted by Gasteiger charge is -2.46. The summed E-state index contributed by atoms with van der Waals surface area (Å²) in [4.78, 5) is 0. The van der Waals surface area contributed by atoms with E-state index in [1.807, 2.05) is 78.9 Å². The molecule has 5 atom stereocenters. The molecule has 0 aliphatic carbocycles. The van der Waals surface area contributed by atoms with E-state index in [1.165, 1.54) is 0 Å². The van der Waals surface area contributed by atoms with Crippen molar-refractivity contribution in [2.75, 3.05) is 6.61 Å². The van der Waals surface area contributed by atoms with Crippen molar-refractivity contribution in [1.29, 1.82) is 0 Å². The van der Waals surface area contributed by atoms with Crippen LogP contribution in [0.15, 0.2) is 134 Å². The van der Waals surface area contributed by atoms with Crippen LogP contribution in [0.2, 0.25) is 0 Å². The molecule has 5 nitrogen and oxygen atoms in total. The van der Waals surface area contributed by atoms with Crippen molar-refractivity contribution in [3.63, 3.8) is 0 Å². The predicted octanol–water partition coefficient (Wildman–Crippen LogP) is 7.30. The molecule has 1 saturated heterocycles. The van der Waals surface area contributed by atoms with E-state index in [0.717, 1.165) is 22.3 Å². The zero-order valence-electron chi connectivity index (χ0n) is 24.0. The molecule has 0 radical (unpaired) electrons. The molecule has 0 aromatic heterocycles. The van der Waals surface area contributed by atoms with Crippen LogP contribution in [-0.4, -0.2) is 37.1 Å². The number of hydrogen-bond acceptors (Lipinski definition) is 5. The molecule has 3 unspecified atom stereocenters. The van der Waals surface area contributed by atoms with Crippen LogP contribution in [0, 0.1) is 0 Å². The van der Waals surface area contributed by atoms with E-state index in [4.69, 9.17) is 23.7 Å². The smallest absolute Gasteiger partial charge is 0.115 e. The van der Waals surface area contributed by atoms with Crippen molar-refractivity contribution in [3.8, 4) is 0 Å². The molecule has 5 rings (SSSR count). The molecule has 1 aliphatic heterocycles. The highest BCUT2D eigenvalue weighted by Gasteiger charge is 2.48. The van der Waals surface area contributed by atoms with E-state index in [1.54, 1.807) is 0 Å². The lowest BCUT2D eigenvalue weighted by molar-refractivity contribution is -0.271. The first-order valence-electron chi connectivity index (χ1n) is 14.6. The maximum absolute atomic E-state index is 6.72. The zero-order valence-corrected chi connectivity index (χ0v) is 24.0. The summed E-state index contributed by atoms with van der Waals surface area (Å²) in [6, 6.07) is 40.7. The third-order valence-corrected chi connectivity index (χ3v) is 7.38. The van der Waals surface area contributed by atoms with Gasteiger partial charge in [0.05, 0.1) is 39.1 Å². The highest BCUT2D eigenvalue weighted by Crippen LogP contribution is 2.32. The van der Waals surface area contributed by atoms with Gasteiger partial charge in [0.2, 0.25) is 0 Å². The third-order valence-electron chi connectivity index (χ3n) is 7.38. The number of benzene rings is 4. The standard InChI is InChI=1S/C37H40O5/c1-2-15-33-35(39-25-30-18-9-4-10-19-30)37(41-27-32-22-13-6-14-23-32)36(40-26-31-20-11-5-12-21-31)34(42-33)28-38-24-29-16-7-3-8-17-29/h2-14,16-23,33-37H,1,15,24-28H2/t33-,34?,35?,36-,37?/m1/s1. The summed E-state index contributed by atoms with van der Waals surface area (Å²) >= 11 is 0. The zero-order chi connectivity index (χ0) is 28.8. The Bertz CT molecular complexity index is 1300. The third kappa shape index (κ3) is 8.71. The van der Waals surface area contributed by atoms with Gasteiger partial charge in [-0.15, -0.1) is 6.58 Å². The maximum Gasteiger partial charge on any atom is 0.115 e. The van der Waals surface area contributed by atoms with Gasteiger partial charge in [0.15, 0.2) is 0 Å². The Balaban J connectivity index is 1.40. The van der Waals surface area contributed by atoms with E-state index >= 15 is 0 Å². The summed E-state index contributed by atoms with van der Waals surface area (Å²) in [5, 5.41) is 0. The molecule has 1 aliphatic rings. The molecular formula is C37H40O5. The summed E-state index contributed by atoms with van der Waals surface area (Å²) in [5.74, 6) is 0. The van der Waals surface area contributed by atoms with Gasteiger partial charge in [-0.2, -0.15) is 0 Å². The minimum absolute atomic E-state index is 0.270. The van der Waals surface area contributed by atoms with Gasteiger partial charge in [-0.1, -0.05) is 127 Å². The molecule has 5 heteroatoms. The van der Waals surface area contributed by atoms with Gasteiger partial charge in [0.1, 0.15) is 24.4 Å². The van der Waals surface area contributed by atoms with Crippen LogP contribution in [0.25, 0.3) is 0 Å². The second-order valence-electron chi connectivity index (χ2n) is 10.5. The van der Waals surface area contributed by atoms with Crippen LogP contribution in [0.1, 0.15) is 28.7 Å².